The number of methoxy groups -OCH3 is 2. The van der Waals surface area contributed by atoms with Crippen LogP contribution < -0.4 is 9.47 Å². The lowest BCUT2D eigenvalue weighted by atomic mass is 9.98. The van der Waals surface area contributed by atoms with Crippen LogP contribution in [0.3, 0.4) is 0 Å². The van der Waals surface area contributed by atoms with E-state index in [-0.39, 0.29) is 51.9 Å². The van der Waals surface area contributed by atoms with Gasteiger partial charge in [0.05, 0.1) is 44.1 Å². The Balaban J connectivity index is 2.63. The zero-order chi connectivity index (χ0) is 31.8. The number of aliphatic imine (C=N–C) groups is 1. The highest BCUT2D eigenvalue weighted by Gasteiger charge is 2.37. The molecule has 42 heavy (non-hydrogen) atoms. The van der Waals surface area contributed by atoms with Crippen LogP contribution >= 0.6 is 11.6 Å². The summed E-state index contributed by atoms with van der Waals surface area (Å²) in [5, 5.41) is 11.5. The number of aliphatic hydroxyl groups is 1. The molecule has 0 aromatic heterocycles. The van der Waals surface area contributed by atoms with Crippen LogP contribution in [0.1, 0.15) is 58.2 Å². The van der Waals surface area contributed by atoms with Gasteiger partial charge in [0.15, 0.2) is 8.32 Å². The van der Waals surface area contributed by atoms with Crippen LogP contribution in [0.25, 0.3) is 5.76 Å². The number of carbonyl (C=O) groups excluding carboxylic acids is 1. The van der Waals surface area contributed by atoms with Crippen LogP contribution in [0, 0.1) is 11.7 Å². The summed E-state index contributed by atoms with van der Waals surface area (Å²) in [6.07, 6.45) is 1.45. The van der Waals surface area contributed by atoms with E-state index in [1.54, 1.807) is 31.2 Å². The van der Waals surface area contributed by atoms with E-state index in [1.807, 2.05) is 13.8 Å². The van der Waals surface area contributed by atoms with Crippen LogP contribution in [-0.2, 0) is 20.4 Å². The monoisotopic (exact) mass is 621 g/mol. The highest BCUT2D eigenvalue weighted by molar-refractivity contribution is 6.74. The lowest BCUT2D eigenvalue weighted by molar-refractivity contribution is -0.137. The van der Waals surface area contributed by atoms with Crippen LogP contribution in [0.2, 0.25) is 23.2 Å². The Morgan fingerprint density at radius 2 is 1.76 bits per heavy atom. The molecule has 1 N–H and O–H groups in total. The molecule has 0 aliphatic carbocycles. The smallest absolute Gasteiger partial charge is 0.343 e. The molecule has 0 saturated carbocycles. The molecule has 10 heteroatoms. The van der Waals surface area contributed by atoms with Crippen LogP contribution in [0.15, 0.2) is 40.9 Å². The Kier molecular flexibility index (Phi) is 12.6. The molecule has 1 atom stereocenters. The van der Waals surface area contributed by atoms with Crippen molar-refractivity contribution in [3.8, 4) is 11.5 Å². The maximum Gasteiger partial charge on any atom is 0.343 e. The Morgan fingerprint density at radius 1 is 1.12 bits per heavy atom. The number of esters is 1. The predicted octanol–water partition coefficient (Wildman–Crippen LogP) is 8.04. The van der Waals surface area contributed by atoms with E-state index in [9.17, 15) is 14.3 Å². The van der Waals surface area contributed by atoms with Gasteiger partial charge in [-0.1, -0.05) is 58.4 Å². The fourth-order valence-electron chi connectivity index (χ4n) is 3.83. The molecule has 0 aliphatic rings. The zero-order valence-corrected chi connectivity index (χ0v) is 28.2. The summed E-state index contributed by atoms with van der Waals surface area (Å²) in [5.74, 6) is -0.916. The zero-order valence-electron chi connectivity index (χ0n) is 26.4. The van der Waals surface area contributed by atoms with Crippen molar-refractivity contribution in [1.82, 2.24) is 0 Å². The molecule has 0 fully saturated rings. The summed E-state index contributed by atoms with van der Waals surface area (Å²) >= 11 is 5.99. The van der Waals surface area contributed by atoms with E-state index >= 15 is 0 Å². The van der Waals surface area contributed by atoms with Gasteiger partial charge in [-0.25, -0.2) is 9.18 Å². The highest BCUT2D eigenvalue weighted by Crippen LogP contribution is 2.37. The first-order chi connectivity index (χ1) is 19.6. The number of halogens is 2. The Morgan fingerprint density at radius 3 is 2.31 bits per heavy atom. The first kappa shape index (κ1) is 35.3. The highest BCUT2D eigenvalue weighted by atomic mass is 35.5. The third-order valence-electron chi connectivity index (χ3n) is 7.61. The van der Waals surface area contributed by atoms with Gasteiger partial charge in [0.25, 0.3) is 0 Å². The van der Waals surface area contributed by atoms with E-state index in [0.29, 0.717) is 23.5 Å². The maximum absolute atomic E-state index is 14.7. The fourth-order valence-corrected chi connectivity index (χ4v) is 5.05. The molecule has 0 bridgehead atoms. The normalized spacial score (nSPS) is 13.7. The van der Waals surface area contributed by atoms with Crippen molar-refractivity contribution in [3.63, 3.8) is 0 Å². The molecule has 0 radical (unpaired) electrons. The molecule has 0 amide bonds. The molecule has 2 aromatic carbocycles. The Hall–Kier alpha value is -2.88. The lowest BCUT2D eigenvalue weighted by Gasteiger charge is -2.37. The second-order valence-electron chi connectivity index (χ2n) is 11.9. The summed E-state index contributed by atoms with van der Waals surface area (Å²) in [5.41, 5.74) is 0.945. The van der Waals surface area contributed by atoms with E-state index in [0.717, 1.165) is 0 Å². The molecule has 0 saturated heterocycles. The van der Waals surface area contributed by atoms with Gasteiger partial charge in [0.1, 0.15) is 28.6 Å². The van der Waals surface area contributed by atoms with Gasteiger partial charge in [0, 0.05) is 18.7 Å². The summed E-state index contributed by atoms with van der Waals surface area (Å²) in [6.45, 7) is 17.1. The van der Waals surface area contributed by atoms with Gasteiger partial charge in [0.2, 0.25) is 0 Å². The Bertz CT molecular complexity index is 1300. The van der Waals surface area contributed by atoms with Crippen LogP contribution in [-0.4, -0.2) is 59.1 Å². The molecular formula is C32H45ClFNO6Si. The van der Waals surface area contributed by atoms with Crippen molar-refractivity contribution in [1.29, 1.82) is 0 Å². The predicted molar refractivity (Wildman–Crippen MR) is 170 cm³/mol. The molecule has 0 spiro atoms. The van der Waals surface area contributed by atoms with E-state index in [2.05, 4.69) is 38.9 Å². The SMILES string of the molecule is CCOC(=O)/C(C=N[C@H](CO[Si](C)(C)C(C)(C)C)C(C)C)=C(/O)c1cc(Cc2cccc(Cl)c2F)c(OC)cc1OC. The summed E-state index contributed by atoms with van der Waals surface area (Å²) < 4.78 is 37.5. The number of nitrogens with zero attached hydrogens (tertiary/aromatic N) is 1. The van der Waals surface area contributed by atoms with Crippen LogP contribution in [0.5, 0.6) is 11.5 Å². The maximum atomic E-state index is 14.7. The minimum Gasteiger partial charge on any atom is -0.506 e. The largest absolute Gasteiger partial charge is 0.506 e. The van der Waals surface area contributed by atoms with E-state index in [4.69, 9.17) is 30.2 Å². The third kappa shape index (κ3) is 8.81. The van der Waals surface area contributed by atoms with Crippen molar-refractivity contribution in [2.24, 2.45) is 10.9 Å². The average molecular weight is 622 g/mol. The van der Waals surface area contributed by atoms with Gasteiger partial charge in [-0.15, -0.1) is 0 Å². The molecular weight excluding hydrogens is 577 g/mol. The second-order valence-corrected chi connectivity index (χ2v) is 17.1. The second kappa shape index (κ2) is 15.0. The van der Waals surface area contributed by atoms with E-state index < -0.39 is 25.9 Å². The molecule has 7 nitrogen and oxygen atoms in total. The van der Waals surface area contributed by atoms with Gasteiger partial charge in [-0.3, -0.25) is 4.99 Å². The van der Waals surface area contributed by atoms with Crippen molar-refractivity contribution >= 4 is 37.9 Å². The number of rotatable bonds is 13. The summed E-state index contributed by atoms with van der Waals surface area (Å²) in [7, 11) is 0.883. The number of carbonyl (C=O) groups is 1. The van der Waals surface area contributed by atoms with Gasteiger partial charge < -0.3 is 23.7 Å². The standard InChI is InChI=1S/C32H45ClFNO6Si/c1-11-40-31(37)24(18-35-26(20(2)3)19-41-42(9,10)32(4,5)6)30(36)23-16-22(27(38-7)17-28(23)39-8)15-21-13-12-14-25(33)29(21)34/h12-14,16-18,20,26,36H,11,15,19H2,1-10H3/b30-24+,35-18?/t26-/m1/s1. The van der Waals surface area contributed by atoms with Crippen LogP contribution in [0.4, 0.5) is 4.39 Å². The van der Waals surface area contributed by atoms with Crippen molar-refractivity contribution < 1.29 is 32.9 Å². The molecule has 2 rings (SSSR count). The topological polar surface area (TPSA) is 86.6 Å². The molecule has 232 valence electrons. The summed E-state index contributed by atoms with van der Waals surface area (Å²) in [6, 6.07) is 7.65. The number of aliphatic hydroxyl groups excluding tert-OH is 1. The molecule has 2 aromatic rings. The number of ether oxygens (including phenoxy) is 3. The minimum atomic E-state index is -2.04. The fraction of sp³-hybridized carbons (Fsp3) is 0.500. The molecule has 0 heterocycles. The summed E-state index contributed by atoms with van der Waals surface area (Å²) in [4.78, 5) is 17.8. The van der Waals surface area contributed by atoms with Crippen molar-refractivity contribution in [2.45, 2.75) is 72.1 Å². The van der Waals surface area contributed by atoms with Gasteiger partial charge in [-0.05, 0) is 54.2 Å². The molecule has 0 unspecified atom stereocenters. The number of benzene rings is 2. The lowest BCUT2D eigenvalue weighted by Crippen LogP contribution is -2.43. The van der Waals surface area contributed by atoms with Gasteiger partial charge >= 0.3 is 5.97 Å². The van der Waals surface area contributed by atoms with Gasteiger partial charge in [-0.2, -0.15) is 0 Å². The first-order valence-corrected chi connectivity index (χ1v) is 17.3. The van der Waals surface area contributed by atoms with Crippen molar-refractivity contribution in [2.75, 3.05) is 27.4 Å². The minimum absolute atomic E-state index is 0.000921. The number of hydrogen-bond donors (Lipinski definition) is 1. The number of hydrogen-bond acceptors (Lipinski definition) is 7. The van der Waals surface area contributed by atoms with Crippen molar-refractivity contribution in [3.05, 3.63) is 63.4 Å². The quantitative estimate of drug-likeness (QED) is 0.0801. The van der Waals surface area contributed by atoms with E-state index in [1.165, 1.54) is 26.5 Å². The first-order valence-electron chi connectivity index (χ1n) is 14.0. The third-order valence-corrected chi connectivity index (χ3v) is 12.4. The average Bonchev–Trinajstić information content (AvgIpc) is 2.91. The Labute approximate surface area is 255 Å². The molecule has 0 aliphatic heterocycles.